The van der Waals surface area contributed by atoms with Crippen molar-refractivity contribution in [1.29, 1.82) is 0 Å². The first kappa shape index (κ1) is 25.4. The van der Waals surface area contributed by atoms with Crippen molar-refractivity contribution >= 4 is 22.4 Å². The Labute approximate surface area is 201 Å². The van der Waals surface area contributed by atoms with Crippen molar-refractivity contribution < 1.29 is 12.8 Å². The largest absolute Gasteiger partial charge is 0.339 e. The van der Waals surface area contributed by atoms with Crippen LogP contribution in [0.25, 0.3) is 0 Å². The van der Waals surface area contributed by atoms with E-state index in [9.17, 15) is 12.8 Å². The summed E-state index contributed by atoms with van der Waals surface area (Å²) < 4.78 is 42.7. The number of aromatic nitrogens is 2. The molecule has 0 aliphatic heterocycles. The van der Waals surface area contributed by atoms with Crippen molar-refractivity contribution in [2.75, 3.05) is 6.54 Å². The molecule has 2 atom stereocenters. The summed E-state index contributed by atoms with van der Waals surface area (Å²) in [6.07, 6.45) is 5.77. The van der Waals surface area contributed by atoms with E-state index >= 15 is 0 Å². The molecule has 178 valence electrons. The van der Waals surface area contributed by atoms with Gasteiger partial charge in [0.05, 0.1) is 6.33 Å². The van der Waals surface area contributed by atoms with Crippen LogP contribution in [0.2, 0.25) is 0 Å². The fourth-order valence-corrected chi connectivity index (χ4v) is 5.46. The fourth-order valence-electron chi connectivity index (χ4n) is 4.47. The van der Waals surface area contributed by atoms with Crippen LogP contribution in [0.3, 0.4) is 0 Å². The molecule has 2 unspecified atom stereocenters. The number of nitrogens with zero attached hydrogens (tertiary/aromatic N) is 2. The number of aryl methyl sites for hydroxylation is 2. The van der Waals surface area contributed by atoms with Gasteiger partial charge < -0.3 is 9.88 Å². The van der Waals surface area contributed by atoms with Crippen LogP contribution >= 0.6 is 12.4 Å². The molecule has 0 saturated heterocycles. The van der Waals surface area contributed by atoms with Crippen molar-refractivity contribution in [2.24, 2.45) is 7.05 Å². The summed E-state index contributed by atoms with van der Waals surface area (Å²) in [6, 6.07) is 13.2. The van der Waals surface area contributed by atoms with Crippen LogP contribution < -0.4 is 10.0 Å². The Morgan fingerprint density at radius 2 is 1.88 bits per heavy atom. The van der Waals surface area contributed by atoms with Crippen LogP contribution in [0.15, 0.2) is 60.0 Å². The van der Waals surface area contributed by atoms with Gasteiger partial charge in [-0.25, -0.2) is 22.5 Å². The predicted octanol–water partition coefficient (Wildman–Crippen LogP) is 3.71. The molecule has 2 aromatic carbocycles. The third-order valence-corrected chi connectivity index (χ3v) is 7.36. The molecule has 1 aromatic heterocycles. The van der Waals surface area contributed by atoms with Crippen LogP contribution in [0.1, 0.15) is 41.5 Å². The minimum Gasteiger partial charge on any atom is -0.339 e. The second-order valence-corrected chi connectivity index (χ2v) is 10.1. The standard InChI is InChI=1S/C24H29FN4O2S.ClH/c1-3-26-23-11-8-19-7-4-18(14-28-32(30,31)24-15-29(2)16-27-24)13-21(19)22(23)12-17-5-9-20(25)10-6-17;/h4-7,9-10,13,15-16,22-23,26,28H,3,8,11-12,14H2,1-2H3;1H. The molecule has 4 rings (SSSR count). The normalized spacial score (nSPS) is 17.9. The second-order valence-electron chi connectivity index (χ2n) is 8.38. The number of nitrogens with one attached hydrogen (secondary N) is 2. The van der Waals surface area contributed by atoms with E-state index in [0.717, 1.165) is 36.9 Å². The van der Waals surface area contributed by atoms with Crippen molar-refractivity contribution in [3.8, 4) is 0 Å². The van der Waals surface area contributed by atoms with Crippen molar-refractivity contribution in [3.63, 3.8) is 0 Å². The molecule has 0 fully saturated rings. The summed E-state index contributed by atoms with van der Waals surface area (Å²) >= 11 is 0. The molecule has 1 heterocycles. The number of hydrogen-bond acceptors (Lipinski definition) is 4. The summed E-state index contributed by atoms with van der Waals surface area (Å²) in [5.41, 5.74) is 4.53. The van der Waals surface area contributed by atoms with Gasteiger partial charge in [0.2, 0.25) is 0 Å². The summed E-state index contributed by atoms with van der Waals surface area (Å²) in [4.78, 5) is 3.94. The lowest BCUT2D eigenvalue weighted by atomic mass is 9.75. The monoisotopic (exact) mass is 492 g/mol. The fraction of sp³-hybridized carbons (Fsp3) is 0.375. The van der Waals surface area contributed by atoms with E-state index < -0.39 is 10.0 Å². The van der Waals surface area contributed by atoms with Gasteiger partial charge >= 0.3 is 0 Å². The molecule has 0 saturated carbocycles. The van der Waals surface area contributed by atoms with Crippen LogP contribution in [-0.4, -0.2) is 30.6 Å². The highest BCUT2D eigenvalue weighted by atomic mass is 35.5. The van der Waals surface area contributed by atoms with Crippen molar-refractivity contribution in [2.45, 2.75) is 49.7 Å². The Bertz CT molecular complexity index is 1180. The first-order valence-electron chi connectivity index (χ1n) is 10.9. The van der Waals surface area contributed by atoms with E-state index in [1.165, 1.54) is 35.8 Å². The van der Waals surface area contributed by atoms with E-state index in [2.05, 4.69) is 34.1 Å². The molecule has 1 aliphatic carbocycles. The van der Waals surface area contributed by atoms with Gasteiger partial charge in [0.25, 0.3) is 10.0 Å². The van der Waals surface area contributed by atoms with E-state index in [1.807, 2.05) is 18.2 Å². The molecule has 3 aromatic rings. The van der Waals surface area contributed by atoms with Gasteiger partial charge in [0.1, 0.15) is 5.82 Å². The Kier molecular flexibility index (Phi) is 8.28. The lowest BCUT2D eigenvalue weighted by Gasteiger charge is -2.35. The third kappa shape index (κ3) is 6.00. The van der Waals surface area contributed by atoms with Crippen LogP contribution in [-0.2, 0) is 36.5 Å². The lowest BCUT2D eigenvalue weighted by Crippen LogP contribution is -2.39. The molecule has 0 amide bonds. The first-order chi connectivity index (χ1) is 15.4. The predicted molar refractivity (Wildman–Crippen MR) is 130 cm³/mol. The average molecular weight is 493 g/mol. The van der Waals surface area contributed by atoms with Gasteiger partial charge in [-0.3, -0.25) is 0 Å². The molecule has 33 heavy (non-hydrogen) atoms. The van der Waals surface area contributed by atoms with Crippen molar-refractivity contribution in [3.05, 3.63) is 83.1 Å². The highest BCUT2D eigenvalue weighted by Crippen LogP contribution is 2.35. The molecule has 0 bridgehead atoms. The van der Waals surface area contributed by atoms with Crippen LogP contribution in [0.5, 0.6) is 0 Å². The second kappa shape index (κ2) is 10.8. The van der Waals surface area contributed by atoms with E-state index in [0.29, 0.717) is 6.04 Å². The van der Waals surface area contributed by atoms with Gasteiger partial charge in [-0.05, 0) is 60.2 Å². The van der Waals surface area contributed by atoms with E-state index in [-0.39, 0.29) is 35.7 Å². The first-order valence-corrected chi connectivity index (χ1v) is 12.4. The molecular weight excluding hydrogens is 463 g/mol. The number of hydrogen-bond donors (Lipinski definition) is 2. The van der Waals surface area contributed by atoms with Gasteiger partial charge in [0, 0.05) is 31.7 Å². The highest BCUT2D eigenvalue weighted by Gasteiger charge is 2.29. The third-order valence-electron chi connectivity index (χ3n) is 6.08. The molecule has 9 heteroatoms. The van der Waals surface area contributed by atoms with Crippen LogP contribution in [0, 0.1) is 5.82 Å². The highest BCUT2D eigenvalue weighted by molar-refractivity contribution is 7.89. The summed E-state index contributed by atoms with van der Waals surface area (Å²) in [5.74, 6) is 0.0000108. The van der Waals surface area contributed by atoms with Gasteiger partial charge in [-0.15, -0.1) is 12.4 Å². The van der Waals surface area contributed by atoms with Gasteiger partial charge in [0.15, 0.2) is 5.03 Å². The molecule has 2 N–H and O–H groups in total. The number of benzene rings is 2. The summed E-state index contributed by atoms with van der Waals surface area (Å²) in [5, 5.41) is 3.62. The van der Waals surface area contributed by atoms with Crippen molar-refractivity contribution in [1.82, 2.24) is 19.6 Å². The van der Waals surface area contributed by atoms with E-state index in [4.69, 9.17) is 0 Å². The maximum Gasteiger partial charge on any atom is 0.259 e. The number of halogens is 2. The van der Waals surface area contributed by atoms with Gasteiger partial charge in [-0.2, -0.15) is 0 Å². The lowest BCUT2D eigenvalue weighted by molar-refractivity contribution is 0.391. The smallest absolute Gasteiger partial charge is 0.259 e. The topological polar surface area (TPSA) is 76.0 Å². The zero-order valence-corrected chi connectivity index (χ0v) is 20.4. The SMILES string of the molecule is CCNC1CCc2ccc(CNS(=O)(=O)c3cn(C)cn3)cc2C1Cc1ccc(F)cc1.Cl. The number of fused-ring (bicyclic) bond motifs is 1. The quantitative estimate of drug-likeness (QED) is 0.502. The number of sulfonamides is 1. The van der Waals surface area contributed by atoms with Gasteiger partial charge in [-0.1, -0.05) is 37.3 Å². The average Bonchev–Trinajstić information content (AvgIpc) is 3.23. The number of likely N-dealkylation sites (N-methyl/N-ethyl adjacent to an activating group) is 1. The Balaban J connectivity index is 0.00000306. The minimum absolute atomic E-state index is 0. The molecule has 0 spiro atoms. The minimum atomic E-state index is -3.67. The molecule has 6 nitrogen and oxygen atoms in total. The molecule has 0 radical (unpaired) electrons. The molecule has 1 aliphatic rings. The maximum absolute atomic E-state index is 13.4. The summed E-state index contributed by atoms with van der Waals surface area (Å²) in [6.45, 7) is 3.18. The Morgan fingerprint density at radius 3 is 2.55 bits per heavy atom. The van der Waals surface area contributed by atoms with Crippen LogP contribution in [0.4, 0.5) is 4.39 Å². The van der Waals surface area contributed by atoms with E-state index in [1.54, 1.807) is 11.6 Å². The number of imidazole rings is 1. The molecular formula is C24H30ClFN4O2S. The Morgan fingerprint density at radius 1 is 1.15 bits per heavy atom. The maximum atomic E-state index is 13.4. The Hall–Kier alpha value is -2.26. The zero-order chi connectivity index (χ0) is 22.7. The number of rotatable bonds is 8. The summed E-state index contributed by atoms with van der Waals surface area (Å²) in [7, 11) is -1.94. The zero-order valence-electron chi connectivity index (χ0n) is 18.8.